The van der Waals surface area contributed by atoms with Crippen molar-refractivity contribution in [3.8, 4) is 28.5 Å². The van der Waals surface area contributed by atoms with Gasteiger partial charge in [-0.2, -0.15) is 0 Å². The summed E-state index contributed by atoms with van der Waals surface area (Å²) >= 11 is 1.31. The van der Waals surface area contributed by atoms with Crippen LogP contribution in [0.5, 0.6) is 17.2 Å². The Balaban J connectivity index is 1.49. The molecule has 1 aliphatic heterocycles. The van der Waals surface area contributed by atoms with Crippen molar-refractivity contribution in [2.75, 3.05) is 38.1 Å². The normalized spacial score (nSPS) is 15.5. The number of anilines is 2. The number of aryl methyl sites for hydroxylation is 1. The van der Waals surface area contributed by atoms with Crippen LogP contribution in [0, 0.1) is 12.8 Å². The van der Waals surface area contributed by atoms with Crippen molar-refractivity contribution in [3.05, 3.63) is 47.3 Å². The molecule has 8 nitrogen and oxygen atoms in total. The molecule has 0 unspecified atom stereocenters. The molecule has 33 heavy (non-hydrogen) atoms. The van der Waals surface area contributed by atoms with Crippen LogP contribution in [0.3, 0.4) is 0 Å². The first-order valence-electron chi connectivity index (χ1n) is 10.4. The predicted molar refractivity (Wildman–Crippen MR) is 127 cm³/mol. The second kappa shape index (κ2) is 9.50. The summed E-state index contributed by atoms with van der Waals surface area (Å²) in [6, 6.07) is 11.1. The zero-order valence-corrected chi connectivity index (χ0v) is 19.7. The van der Waals surface area contributed by atoms with Crippen molar-refractivity contribution in [1.82, 2.24) is 4.98 Å². The van der Waals surface area contributed by atoms with Crippen LogP contribution in [0.25, 0.3) is 11.3 Å². The molecule has 1 fully saturated rings. The van der Waals surface area contributed by atoms with E-state index in [4.69, 9.17) is 14.2 Å². The summed E-state index contributed by atoms with van der Waals surface area (Å²) in [7, 11) is 4.75. The Morgan fingerprint density at radius 2 is 1.85 bits per heavy atom. The molecule has 2 aromatic carbocycles. The number of rotatable bonds is 7. The average Bonchev–Trinajstić information content (AvgIpc) is 3.45. The van der Waals surface area contributed by atoms with Crippen molar-refractivity contribution in [3.63, 3.8) is 0 Å². The molecule has 1 atom stereocenters. The van der Waals surface area contributed by atoms with E-state index >= 15 is 0 Å². The SMILES string of the molecule is COc1ccc(OC)c(-c2csc(NC(=O)[C@H]3CC(=O)N(c4cc(C)ccc4OC)C3)n2)c1. The van der Waals surface area contributed by atoms with Crippen LogP contribution in [-0.4, -0.2) is 44.7 Å². The molecule has 0 radical (unpaired) electrons. The molecule has 1 saturated heterocycles. The zero-order chi connectivity index (χ0) is 23.5. The van der Waals surface area contributed by atoms with Crippen molar-refractivity contribution < 1.29 is 23.8 Å². The van der Waals surface area contributed by atoms with Crippen molar-refractivity contribution in [2.24, 2.45) is 5.92 Å². The molecule has 1 N–H and O–H groups in total. The molecule has 0 bridgehead atoms. The number of carbonyl (C=O) groups excluding carboxylic acids is 2. The van der Waals surface area contributed by atoms with Gasteiger partial charge in [0.15, 0.2) is 5.13 Å². The molecular formula is C24H25N3O5S. The fourth-order valence-electron chi connectivity index (χ4n) is 3.80. The number of ether oxygens (including phenoxy) is 3. The van der Waals surface area contributed by atoms with E-state index in [1.807, 2.05) is 48.7 Å². The molecule has 9 heteroatoms. The van der Waals surface area contributed by atoms with Gasteiger partial charge in [0.2, 0.25) is 11.8 Å². The van der Waals surface area contributed by atoms with E-state index in [0.717, 1.165) is 11.1 Å². The summed E-state index contributed by atoms with van der Waals surface area (Å²) < 4.78 is 16.1. The summed E-state index contributed by atoms with van der Waals surface area (Å²) in [5, 5.41) is 5.16. The first-order chi connectivity index (χ1) is 15.9. The number of aromatic nitrogens is 1. The highest BCUT2D eigenvalue weighted by Crippen LogP contribution is 2.36. The lowest BCUT2D eigenvalue weighted by atomic mass is 10.1. The first-order valence-corrected chi connectivity index (χ1v) is 11.2. The standard InChI is InChI=1S/C24H25N3O5S/c1-14-5-7-21(32-4)19(9-14)27-12-15(10-22(27)28)23(29)26-24-25-18(13-33-24)17-11-16(30-2)6-8-20(17)31-3/h5-9,11,13,15H,10,12H2,1-4H3,(H,25,26,29)/t15-/m0/s1. The van der Waals surface area contributed by atoms with Crippen molar-refractivity contribution in [2.45, 2.75) is 13.3 Å². The van der Waals surface area contributed by atoms with Crippen LogP contribution in [-0.2, 0) is 9.59 Å². The molecule has 1 aliphatic rings. The minimum Gasteiger partial charge on any atom is -0.497 e. The highest BCUT2D eigenvalue weighted by atomic mass is 32.1. The van der Waals surface area contributed by atoms with Gasteiger partial charge in [-0.15, -0.1) is 11.3 Å². The largest absolute Gasteiger partial charge is 0.497 e. The summed E-state index contributed by atoms with van der Waals surface area (Å²) in [6.45, 7) is 2.23. The number of nitrogens with one attached hydrogen (secondary N) is 1. The van der Waals surface area contributed by atoms with Crippen LogP contribution in [0.2, 0.25) is 0 Å². The minimum absolute atomic E-state index is 0.111. The Bertz CT molecular complexity index is 1190. The molecule has 3 aromatic rings. The van der Waals surface area contributed by atoms with Gasteiger partial charge in [-0.25, -0.2) is 4.98 Å². The molecule has 172 valence electrons. The Morgan fingerprint density at radius 3 is 2.58 bits per heavy atom. The van der Waals surface area contributed by atoms with Gasteiger partial charge in [0.05, 0.1) is 38.6 Å². The monoisotopic (exact) mass is 467 g/mol. The van der Waals surface area contributed by atoms with Gasteiger partial charge >= 0.3 is 0 Å². The van der Waals surface area contributed by atoms with E-state index < -0.39 is 5.92 Å². The zero-order valence-electron chi connectivity index (χ0n) is 18.9. The minimum atomic E-state index is -0.485. The Morgan fingerprint density at radius 1 is 1.09 bits per heavy atom. The number of benzene rings is 2. The third-order valence-electron chi connectivity index (χ3n) is 5.54. The summed E-state index contributed by atoms with van der Waals surface area (Å²) in [5.74, 6) is 1.10. The van der Waals surface area contributed by atoms with Gasteiger partial charge in [0.25, 0.3) is 0 Å². The van der Waals surface area contributed by atoms with Gasteiger partial charge in [-0.1, -0.05) is 6.07 Å². The summed E-state index contributed by atoms with van der Waals surface area (Å²) in [5.41, 5.74) is 3.12. The maximum Gasteiger partial charge on any atom is 0.231 e. The highest BCUT2D eigenvalue weighted by molar-refractivity contribution is 7.14. The third-order valence-corrected chi connectivity index (χ3v) is 6.30. The average molecular weight is 468 g/mol. The van der Waals surface area contributed by atoms with E-state index in [1.54, 1.807) is 26.2 Å². The molecule has 2 heterocycles. The van der Waals surface area contributed by atoms with Crippen molar-refractivity contribution in [1.29, 1.82) is 0 Å². The molecule has 1 aromatic heterocycles. The second-order valence-electron chi connectivity index (χ2n) is 7.67. The summed E-state index contributed by atoms with van der Waals surface area (Å²) in [6.07, 6.45) is 0.130. The number of thiazole rings is 1. The van der Waals surface area contributed by atoms with E-state index in [-0.39, 0.29) is 24.8 Å². The molecule has 0 aliphatic carbocycles. The predicted octanol–water partition coefficient (Wildman–Crippen LogP) is 4.14. The smallest absolute Gasteiger partial charge is 0.231 e. The summed E-state index contributed by atoms with van der Waals surface area (Å²) in [4.78, 5) is 31.8. The lowest BCUT2D eigenvalue weighted by molar-refractivity contribution is -0.122. The Hall–Kier alpha value is -3.59. The van der Waals surface area contributed by atoms with Crippen LogP contribution >= 0.6 is 11.3 Å². The van der Waals surface area contributed by atoms with Crippen LogP contribution < -0.4 is 24.4 Å². The highest BCUT2D eigenvalue weighted by Gasteiger charge is 2.36. The molecule has 4 rings (SSSR count). The third kappa shape index (κ3) is 4.63. The molecule has 2 amide bonds. The topological polar surface area (TPSA) is 90.0 Å². The van der Waals surface area contributed by atoms with Gasteiger partial charge in [0, 0.05) is 23.9 Å². The van der Waals surface area contributed by atoms with Crippen LogP contribution in [0.15, 0.2) is 41.8 Å². The number of hydrogen-bond acceptors (Lipinski definition) is 7. The van der Waals surface area contributed by atoms with Gasteiger partial charge in [-0.05, 0) is 42.8 Å². The quantitative estimate of drug-likeness (QED) is 0.562. The van der Waals surface area contributed by atoms with E-state index in [0.29, 0.717) is 33.8 Å². The number of amides is 2. The molecule has 0 saturated carbocycles. The van der Waals surface area contributed by atoms with E-state index in [9.17, 15) is 9.59 Å². The van der Waals surface area contributed by atoms with E-state index in [1.165, 1.54) is 11.3 Å². The number of hydrogen-bond donors (Lipinski definition) is 1. The maximum atomic E-state index is 12.9. The lowest BCUT2D eigenvalue weighted by Gasteiger charge is -2.20. The van der Waals surface area contributed by atoms with Crippen molar-refractivity contribution >= 4 is 34.0 Å². The number of nitrogens with zero attached hydrogens (tertiary/aromatic N) is 2. The molecular weight excluding hydrogens is 442 g/mol. The fourth-order valence-corrected chi connectivity index (χ4v) is 4.52. The Labute approximate surface area is 196 Å². The van der Waals surface area contributed by atoms with Crippen LogP contribution in [0.4, 0.5) is 10.8 Å². The van der Waals surface area contributed by atoms with Gasteiger partial charge in [0.1, 0.15) is 17.2 Å². The maximum absolute atomic E-state index is 12.9. The second-order valence-corrected chi connectivity index (χ2v) is 8.53. The van der Waals surface area contributed by atoms with Crippen LogP contribution in [0.1, 0.15) is 12.0 Å². The van der Waals surface area contributed by atoms with E-state index in [2.05, 4.69) is 10.3 Å². The fraction of sp³-hybridized carbons (Fsp3) is 0.292. The van der Waals surface area contributed by atoms with Gasteiger partial charge < -0.3 is 24.4 Å². The first kappa shape index (κ1) is 22.6. The molecule has 0 spiro atoms. The number of methoxy groups -OCH3 is 3. The lowest BCUT2D eigenvalue weighted by Crippen LogP contribution is -2.28. The van der Waals surface area contributed by atoms with Gasteiger partial charge in [-0.3, -0.25) is 9.59 Å². The Kier molecular flexibility index (Phi) is 6.50. The number of carbonyl (C=O) groups is 2.